The Morgan fingerprint density at radius 1 is 1.22 bits per heavy atom. The number of halogens is 1. The molecule has 5 rings (SSSR count). The molecule has 2 aromatic heterocycles. The summed E-state index contributed by atoms with van der Waals surface area (Å²) >= 11 is 1.81. The molecule has 0 saturated carbocycles. The number of allylic oxidation sites excluding steroid dienone is 2. The van der Waals surface area contributed by atoms with Gasteiger partial charge in [0.05, 0.1) is 10.6 Å². The molecule has 23 heavy (non-hydrogen) atoms. The summed E-state index contributed by atoms with van der Waals surface area (Å²) in [6.45, 7) is 1.94. The van der Waals surface area contributed by atoms with Crippen LogP contribution in [0.15, 0.2) is 34.6 Å². The van der Waals surface area contributed by atoms with Gasteiger partial charge in [0.2, 0.25) is 11.9 Å². The third-order valence-corrected chi connectivity index (χ3v) is 5.53. The molecule has 1 unspecified atom stereocenters. The second kappa shape index (κ2) is 5.32. The Morgan fingerprint density at radius 3 is 3.04 bits per heavy atom. The Hall–Kier alpha value is -1.92. The number of hydrogen-bond donors (Lipinski definition) is 0. The van der Waals surface area contributed by atoms with E-state index >= 15 is 0 Å². The molecule has 0 N–H and O–H groups in total. The molecular formula is C16H14ClN5S. The Kier molecular flexibility index (Phi) is 3.39. The minimum absolute atomic E-state index is 0. The predicted molar refractivity (Wildman–Crippen MR) is 86.0 cm³/mol. The zero-order valence-corrected chi connectivity index (χ0v) is 14.1. The quantitative estimate of drug-likeness (QED) is 0.706. The molecule has 0 aromatic carbocycles. The molecule has 3 heterocycles. The third-order valence-electron chi connectivity index (χ3n) is 4.34. The zero-order chi connectivity index (χ0) is 14.7. The van der Waals surface area contributed by atoms with Crippen molar-refractivity contribution in [1.29, 1.82) is 0 Å². The van der Waals surface area contributed by atoms with Gasteiger partial charge in [0.1, 0.15) is 4.83 Å². The lowest BCUT2D eigenvalue weighted by Gasteiger charge is -2.04. The van der Waals surface area contributed by atoms with Crippen molar-refractivity contribution in [3.63, 3.8) is 0 Å². The van der Waals surface area contributed by atoms with Crippen molar-refractivity contribution >= 4 is 33.1 Å². The van der Waals surface area contributed by atoms with E-state index in [-0.39, 0.29) is 18.4 Å². The van der Waals surface area contributed by atoms with E-state index in [9.17, 15) is 0 Å². The first-order valence-electron chi connectivity index (χ1n) is 7.53. The minimum atomic E-state index is 0. The molecule has 2 aromatic rings. The second-order valence-corrected chi connectivity index (χ2v) is 6.85. The average Bonchev–Trinajstić information content (AvgIpc) is 3.19. The number of aryl methyl sites for hydroxylation is 3. The van der Waals surface area contributed by atoms with Gasteiger partial charge in [-0.15, -0.1) is 16.0 Å². The van der Waals surface area contributed by atoms with Gasteiger partial charge in [0.25, 0.3) is 5.82 Å². The summed E-state index contributed by atoms with van der Waals surface area (Å²) in [7, 11) is 0. The number of aromatic nitrogens is 2. The van der Waals surface area contributed by atoms with E-state index in [0.717, 1.165) is 35.0 Å². The van der Waals surface area contributed by atoms with Gasteiger partial charge in [0.15, 0.2) is 5.71 Å². The summed E-state index contributed by atoms with van der Waals surface area (Å²) in [5.41, 5.74) is 2.49. The summed E-state index contributed by atoms with van der Waals surface area (Å²) in [5.74, 6) is 1.68. The lowest BCUT2D eigenvalue weighted by atomic mass is 10.1. The highest BCUT2D eigenvalue weighted by Crippen LogP contribution is 2.41. The monoisotopic (exact) mass is 343 g/mol. The molecule has 0 amide bonds. The lowest BCUT2D eigenvalue weighted by molar-refractivity contribution is -0.450. The van der Waals surface area contributed by atoms with Crippen molar-refractivity contribution in [2.45, 2.75) is 32.2 Å². The van der Waals surface area contributed by atoms with Crippen LogP contribution in [0.2, 0.25) is 0 Å². The molecule has 0 bridgehead atoms. The van der Waals surface area contributed by atoms with Gasteiger partial charge in [-0.3, -0.25) is 0 Å². The summed E-state index contributed by atoms with van der Waals surface area (Å²) in [4.78, 5) is 11.9. The van der Waals surface area contributed by atoms with Gasteiger partial charge < -0.3 is 12.4 Å². The van der Waals surface area contributed by atoms with Crippen LogP contribution in [-0.4, -0.2) is 26.4 Å². The van der Waals surface area contributed by atoms with Gasteiger partial charge in [-0.25, -0.2) is 4.98 Å². The molecule has 116 valence electrons. The van der Waals surface area contributed by atoms with Crippen LogP contribution in [0.5, 0.6) is 0 Å². The Morgan fingerprint density at radius 2 is 2.13 bits per heavy atom. The second-order valence-electron chi connectivity index (χ2n) is 5.76. The van der Waals surface area contributed by atoms with E-state index in [1.54, 1.807) is 0 Å². The fourth-order valence-electron chi connectivity index (χ4n) is 3.37. The molecule has 1 aliphatic heterocycles. The topological polar surface area (TPSA) is 53.5 Å². The smallest absolute Gasteiger partial charge is 0.299 e. The highest BCUT2D eigenvalue weighted by molar-refractivity contribution is 7.19. The highest BCUT2D eigenvalue weighted by Gasteiger charge is 2.33. The van der Waals surface area contributed by atoms with Gasteiger partial charge in [-0.2, -0.15) is 0 Å². The maximum Gasteiger partial charge on any atom is 0.299 e. The van der Waals surface area contributed by atoms with Gasteiger partial charge in [-0.1, -0.05) is 17.1 Å². The van der Waals surface area contributed by atoms with E-state index in [0.29, 0.717) is 0 Å². The van der Waals surface area contributed by atoms with Crippen LogP contribution in [0.3, 0.4) is 0 Å². The molecule has 1 atom stereocenters. The van der Waals surface area contributed by atoms with Crippen molar-refractivity contribution in [2.24, 2.45) is 10.3 Å². The minimum Gasteiger partial charge on any atom is -1.00 e. The van der Waals surface area contributed by atoms with Crippen LogP contribution in [0.1, 0.15) is 22.7 Å². The fraction of sp³-hybridized carbons (Fsp3) is 0.312. The van der Waals surface area contributed by atoms with Crippen molar-refractivity contribution < 1.29 is 17.1 Å². The largest absolute Gasteiger partial charge is 1.00 e. The Bertz CT molecular complexity index is 938. The Labute approximate surface area is 143 Å². The van der Waals surface area contributed by atoms with Crippen LogP contribution in [0, 0.1) is 6.92 Å². The van der Waals surface area contributed by atoms with E-state index in [2.05, 4.69) is 27.5 Å². The van der Waals surface area contributed by atoms with Crippen LogP contribution in [0.25, 0.3) is 10.2 Å². The number of hydrogen-bond acceptors (Lipinski definition) is 5. The summed E-state index contributed by atoms with van der Waals surface area (Å²) in [6.07, 6.45) is 11.7. The van der Waals surface area contributed by atoms with E-state index < -0.39 is 0 Å². The fourth-order valence-corrected chi connectivity index (χ4v) is 4.67. The molecule has 0 radical (unpaired) electrons. The number of thiophene rings is 1. The first-order chi connectivity index (χ1) is 10.8. The molecule has 7 heteroatoms. The van der Waals surface area contributed by atoms with Gasteiger partial charge in [0, 0.05) is 11.8 Å². The van der Waals surface area contributed by atoms with Crippen molar-refractivity contribution in [1.82, 2.24) is 9.97 Å². The van der Waals surface area contributed by atoms with E-state index in [1.807, 2.05) is 35.1 Å². The predicted octanol–water partition coefficient (Wildman–Crippen LogP) is 0.453. The van der Waals surface area contributed by atoms with Crippen molar-refractivity contribution in [3.8, 4) is 0 Å². The molecule has 2 aliphatic carbocycles. The highest BCUT2D eigenvalue weighted by atomic mass is 35.5. The maximum atomic E-state index is 4.71. The standard InChI is InChI=1S/C16H14N5S.ClH/c1-9-17-15(21-12-7-3-2-6-11(12)19-20-21)14-10-5-4-8-13(10)22-16(14)18-9;/h2-3,6-7,11H,4-5,8H2,1H3;1H/q+1;/p-1. The first-order valence-corrected chi connectivity index (χ1v) is 8.34. The average molecular weight is 344 g/mol. The SMILES string of the molecule is Cc1nc([N+]2=C3C=CC=CC3N=N2)c2c3c(sc2n1)CCC3.[Cl-]. The number of rotatable bonds is 1. The molecule has 3 aliphatic rings. The van der Waals surface area contributed by atoms with E-state index in [4.69, 9.17) is 4.98 Å². The molecular weight excluding hydrogens is 330 g/mol. The maximum absolute atomic E-state index is 4.71. The number of nitrogens with zero attached hydrogens (tertiary/aromatic N) is 5. The molecule has 5 nitrogen and oxygen atoms in total. The zero-order valence-electron chi connectivity index (χ0n) is 12.5. The van der Waals surface area contributed by atoms with Gasteiger partial charge >= 0.3 is 0 Å². The first kappa shape index (κ1) is 14.7. The van der Waals surface area contributed by atoms with Gasteiger partial charge in [-0.05, 0) is 42.1 Å². The molecule has 0 spiro atoms. The third kappa shape index (κ3) is 2.09. The summed E-state index contributed by atoms with van der Waals surface area (Å²) < 4.78 is 1.90. The normalized spacial score (nSPS) is 21.0. The van der Waals surface area contributed by atoms with Crippen LogP contribution < -0.4 is 12.4 Å². The van der Waals surface area contributed by atoms with E-state index in [1.165, 1.54) is 22.2 Å². The Balaban J connectivity index is 0.00000135. The number of fused-ring (bicyclic) bond motifs is 4. The van der Waals surface area contributed by atoms with Crippen LogP contribution in [-0.2, 0) is 12.8 Å². The molecule has 0 saturated heterocycles. The summed E-state index contributed by atoms with van der Waals surface area (Å²) in [5, 5.41) is 9.91. The van der Waals surface area contributed by atoms with Crippen molar-refractivity contribution in [2.75, 3.05) is 0 Å². The van der Waals surface area contributed by atoms with Crippen LogP contribution in [0.4, 0.5) is 5.82 Å². The lowest BCUT2D eigenvalue weighted by Crippen LogP contribution is -3.00. The van der Waals surface area contributed by atoms with Crippen LogP contribution >= 0.6 is 11.3 Å². The molecule has 0 fully saturated rings. The summed E-state index contributed by atoms with van der Waals surface area (Å²) in [6, 6.07) is 0.0157. The van der Waals surface area contributed by atoms with Crippen molar-refractivity contribution in [3.05, 3.63) is 40.6 Å².